The smallest absolute Gasteiger partial charge is 0.321 e. The molecule has 0 radical (unpaired) electrons. The first-order chi connectivity index (χ1) is 6.72. The molecule has 0 aromatic rings. The summed E-state index contributed by atoms with van der Waals surface area (Å²) in [6, 6.07) is -0.481. The predicted octanol–water partition coefficient (Wildman–Crippen LogP) is -0.481. The third kappa shape index (κ3) is 2.03. The lowest BCUT2D eigenvalue weighted by Gasteiger charge is -2.25. The fourth-order valence-corrected chi connectivity index (χ4v) is 2.85. The van der Waals surface area contributed by atoms with Gasteiger partial charge in [0.1, 0.15) is 10.9 Å². The van der Waals surface area contributed by atoms with Crippen LogP contribution in [0.1, 0.15) is 0 Å². The number of hydrogen-bond donors (Lipinski definition) is 2. The van der Waals surface area contributed by atoms with Crippen LogP contribution in [0.3, 0.4) is 0 Å². The van der Waals surface area contributed by atoms with Crippen LogP contribution in [-0.4, -0.2) is 54.2 Å². The molecule has 0 aliphatic carbocycles. The lowest BCUT2D eigenvalue weighted by Crippen LogP contribution is -2.50. The third-order valence-electron chi connectivity index (χ3n) is 2.30. The number of thioether (sulfide) groups is 1. The van der Waals surface area contributed by atoms with Gasteiger partial charge in [0, 0.05) is 5.75 Å². The number of hydrogen-bond acceptors (Lipinski definition) is 5. The lowest BCUT2D eigenvalue weighted by atomic mass is 10.2. The van der Waals surface area contributed by atoms with Gasteiger partial charge in [-0.15, -0.1) is 11.8 Å². The molecule has 0 unspecified atom stereocenters. The standard InChI is InChI=1S/C8H13NO4S/c10-7(11)6-3-14-8(9-6)4-12-1-2-13-5-8/h6,9H,1-5H2,(H,10,11)/t6-/m0/s1. The topological polar surface area (TPSA) is 67.8 Å². The predicted molar refractivity (Wildman–Crippen MR) is 51.4 cm³/mol. The fourth-order valence-electron chi connectivity index (χ4n) is 1.58. The molecule has 2 fully saturated rings. The fraction of sp³-hybridized carbons (Fsp3) is 0.875. The van der Waals surface area contributed by atoms with Crippen molar-refractivity contribution in [2.45, 2.75) is 10.9 Å². The van der Waals surface area contributed by atoms with Crippen LogP contribution in [0.2, 0.25) is 0 Å². The number of carbonyl (C=O) groups is 1. The second-order valence-electron chi connectivity index (χ2n) is 3.45. The number of nitrogens with one attached hydrogen (secondary N) is 1. The van der Waals surface area contributed by atoms with E-state index in [1.165, 1.54) is 0 Å². The zero-order valence-electron chi connectivity index (χ0n) is 7.69. The Kier molecular flexibility index (Phi) is 2.96. The number of aliphatic carboxylic acids is 1. The van der Waals surface area contributed by atoms with Gasteiger partial charge in [0.2, 0.25) is 0 Å². The molecule has 2 aliphatic heterocycles. The Hall–Kier alpha value is -0.300. The van der Waals surface area contributed by atoms with Gasteiger partial charge >= 0.3 is 5.97 Å². The first kappa shape index (κ1) is 10.2. The SMILES string of the molecule is O=C(O)[C@@H]1CSC2(COCCOC2)N1. The normalized spacial score (nSPS) is 31.6. The molecule has 2 rings (SSSR count). The Bertz CT molecular complexity index is 227. The van der Waals surface area contributed by atoms with Gasteiger partial charge in [-0.25, -0.2) is 0 Å². The van der Waals surface area contributed by atoms with E-state index >= 15 is 0 Å². The molecule has 1 atom stereocenters. The Balaban J connectivity index is 1.99. The minimum absolute atomic E-state index is 0.348. The van der Waals surface area contributed by atoms with E-state index < -0.39 is 12.0 Å². The molecule has 14 heavy (non-hydrogen) atoms. The number of rotatable bonds is 1. The zero-order chi connectivity index (χ0) is 10.0. The summed E-state index contributed by atoms with van der Waals surface area (Å²) in [5.41, 5.74) is 0. The lowest BCUT2D eigenvalue weighted by molar-refractivity contribution is -0.139. The van der Waals surface area contributed by atoms with Crippen molar-refractivity contribution >= 4 is 17.7 Å². The summed E-state index contributed by atoms with van der Waals surface area (Å²) in [6.45, 7) is 2.20. The molecule has 1 spiro atoms. The molecular formula is C8H13NO4S. The van der Waals surface area contributed by atoms with Gasteiger partial charge in [0.25, 0.3) is 0 Å². The average molecular weight is 219 g/mol. The first-order valence-electron chi connectivity index (χ1n) is 4.52. The van der Waals surface area contributed by atoms with Gasteiger partial charge in [-0.2, -0.15) is 0 Å². The molecule has 0 saturated carbocycles. The second-order valence-corrected chi connectivity index (χ2v) is 4.85. The highest BCUT2D eigenvalue weighted by Gasteiger charge is 2.43. The summed E-state index contributed by atoms with van der Waals surface area (Å²) >= 11 is 1.57. The van der Waals surface area contributed by atoms with Crippen molar-refractivity contribution in [3.8, 4) is 0 Å². The number of carboxylic acids is 1. The number of ether oxygens (including phenoxy) is 2. The molecule has 2 heterocycles. The van der Waals surface area contributed by atoms with E-state index in [4.69, 9.17) is 14.6 Å². The van der Waals surface area contributed by atoms with Crippen LogP contribution in [0.5, 0.6) is 0 Å². The Labute approximate surface area is 86.1 Å². The summed E-state index contributed by atoms with van der Waals surface area (Å²) in [5.74, 6) is -0.235. The largest absolute Gasteiger partial charge is 0.480 e. The maximum Gasteiger partial charge on any atom is 0.321 e. The molecule has 2 N–H and O–H groups in total. The summed E-state index contributed by atoms with van der Waals surface area (Å²) in [6.07, 6.45) is 0. The van der Waals surface area contributed by atoms with Gasteiger partial charge in [0.15, 0.2) is 0 Å². The Morgan fingerprint density at radius 2 is 2.07 bits per heavy atom. The first-order valence-corrected chi connectivity index (χ1v) is 5.50. The Morgan fingerprint density at radius 1 is 1.43 bits per heavy atom. The monoisotopic (exact) mass is 219 g/mol. The highest BCUT2D eigenvalue weighted by molar-refractivity contribution is 8.01. The van der Waals surface area contributed by atoms with E-state index in [9.17, 15) is 4.79 Å². The van der Waals surface area contributed by atoms with Crippen molar-refractivity contribution in [1.29, 1.82) is 0 Å². The maximum absolute atomic E-state index is 10.8. The van der Waals surface area contributed by atoms with Crippen LogP contribution in [-0.2, 0) is 14.3 Å². The van der Waals surface area contributed by atoms with Crippen molar-refractivity contribution in [1.82, 2.24) is 5.32 Å². The molecule has 0 amide bonds. The van der Waals surface area contributed by atoms with Gasteiger partial charge in [-0.3, -0.25) is 10.1 Å². The highest BCUT2D eigenvalue weighted by Crippen LogP contribution is 2.32. The van der Waals surface area contributed by atoms with E-state index in [2.05, 4.69) is 5.32 Å². The molecule has 6 heteroatoms. The van der Waals surface area contributed by atoms with Crippen LogP contribution in [0.4, 0.5) is 0 Å². The highest BCUT2D eigenvalue weighted by atomic mass is 32.2. The minimum atomic E-state index is -0.807. The van der Waals surface area contributed by atoms with Gasteiger partial charge < -0.3 is 14.6 Å². The van der Waals surface area contributed by atoms with E-state index in [0.717, 1.165) is 0 Å². The van der Waals surface area contributed by atoms with Crippen LogP contribution in [0, 0.1) is 0 Å². The summed E-state index contributed by atoms with van der Waals surface area (Å²) in [7, 11) is 0. The van der Waals surface area contributed by atoms with Crippen molar-refractivity contribution in [3.05, 3.63) is 0 Å². The summed E-state index contributed by atoms with van der Waals surface area (Å²) in [5, 5.41) is 11.9. The second kappa shape index (κ2) is 4.06. The molecule has 0 aromatic heterocycles. The van der Waals surface area contributed by atoms with Crippen molar-refractivity contribution in [2.24, 2.45) is 0 Å². The zero-order valence-corrected chi connectivity index (χ0v) is 8.51. The van der Waals surface area contributed by atoms with E-state index in [1.54, 1.807) is 11.8 Å². The third-order valence-corrected chi connectivity index (χ3v) is 3.71. The van der Waals surface area contributed by atoms with E-state index in [-0.39, 0.29) is 4.87 Å². The summed E-state index contributed by atoms with van der Waals surface area (Å²) < 4.78 is 10.7. The molecule has 2 aliphatic rings. The average Bonchev–Trinajstić information content (AvgIpc) is 2.41. The molecule has 0 aromatic carbocycles. The molecule has 0 bridgehead atoms. The molecule has 2 saturated heterocycles. The van der Waals surface area contributed by atoms with Crippen LogP contribution < -0.4 is 5.32 Å². The van der Waals surface area contributed by atoms with E-state index in [0.29, 0.717) is 32.2 Å². The molecule has 5 nitrogen and oxygen atoms in total. The van der Waals surface area contributed by atoms with Crippen LogP contribution in [0.15, 0.2) is 0 Å². The Morgan fingerprint density at radius 3 is 2.57 bits per heavy atom. The van der Waals surface area contributed by atoms with E-state index in [1.807, 2.05) is 0 Å². The summed E-state index contributed by atoms with van der Waals surface area (Å²) in [4.78, 5) is 10.4. The van der Waals surface area contributed by atoms with Crippen molar-refractivity contribution in [2.75, 3.05) is 32.2 Å². The molecule has 80 valence electrons. The van der Waals surface area contributed by atoms with Gasteiger partial charge in [-0.1, -0.05) is 0 Å². The minimum Gasteiger partial charge on any atom is -0.480 e. The van der Waals surface area contributed by atoms with Crippen LogP contribution >= 0.6 is 11.8 Å². The number of carboxylic acid groups (broad SMARTS) is 1. The van der Waals surface area contributed by atoms with Gasteiger partial charge in [-0.05, 0) is 0 Å². The maximum atomic E-state index is 10.8. The van der Waals surface area contributed by atoms with Crippen LogP contribution in [0.25, 0.3) is 0 Å². The van der Waals surface area contributed by atoms with Crippen molar-refractivity contribution < 1.29 is 19.4 Å². The van der Waals surface area contributed by atoms with Crippen molar-refractivity contribution in [3.63, 3.8) is 0 Å². The quantitative estimate of drug-likeness (QED) is 0.621. The van der Waals surface area contributed by atoms with Gasteiger partial charge in [0.05, 0.1) is 26.4 Å². The molecular weight excluding hydrogens is 206 g/mol.